The number of hydrogen-bond donors (Lipinski definition) is 0. The van der Waals surface area contributed by atoms with Crippen LogP contribution in [0.5, 0.6) is 0 Å². The topological polar surface area (TPSA) is 64.4 Å². The van der Waals surface area contributed by atoms with Crippen molar-refractivity contribution >= 4 is 16.7 Å². The van der Waals surface area contributed by atoms with Gasteiger partial charge >= 0.3 is 0 Å². The van der Waals surface area contributed by atoms with E-state index in [4.69, 9.17) is 4.74 Å². The van der Waals surface area contributed by atoms with Crippen LogP contribution < -0.4 is 5.56 Å². The Morgan fingerprint density at radius 3 is 2.79 bits per heavy atom. The third-order valence-electron chi connectivity index (χ3n) is 4.52. The molecule has 0 spiro atoms. The first-order chi connectivity index (χ1) is 11.6. The van der Waals surface area contributed by atoms with E-state index in [0.29, 0.717) is 18.5 Å². The van der Waals surface area contributed by atoms with E-state index >= 15 is 0 Å². The molecule has 1 aliphatic rings. The number of nitrogens with zero attached hydrogens (tertiary/aromatic N) is 3. The predicted molar refractivity (Wildman–Crippen MR) is 92.0 cm³/mol. The van der Waals surface area contributed by atoms with Crippen LogP contribution in [0.1, 0.15) is 25.5 Å². The van der Waals surface area contributed by atoms with Crippen molar-refractivity contribution in [2.45, 2.75) is 39.3 Å². The van der Waals surface area contributed by atoms with Crippen molar-refractivity contribution in [3.8, 4) is 0 Å². The first-order valence-electron chi connectivity index (χ1n) is 8.46. The smallest absolute Gasteiger partial charge is 0.275 e. The molecule has 6 heteroatoms. The van der Waals surface area contributed by atoms with Gasteiger partial charge in [-0.25, -0.2) is 4.68 Å². The van der Waals surface area contributed by atoms with Crippen LogP contribution >= 0.6 is 0 Å². The number of hydrogen-bond acceptors (Lipinski definition) is 4. The first kappa shape index (κ1) is 16.6. The highest BCUT2D eigenvalue weighted by Gasteiger charge is 2.22. The summed E-state index contributed by atoms with van der Waals surface area (Å²) >= 11 is 0. The molecule has 0 bridgehead atoms. The van der Waals surface area contributed by atoms with Gasteiger partial charge in [0.05, 0.1) is 17.2 Å². The molecule has 1 aromatic heterocycles. The standard InChI is InChI=1S/C18H23N3O3/c1-3-20(11-14-7-6-10-24-14)17(22)12-21-18(23)16-9-5-4-8-15(16)13(2)19-21/h4-5,8-9,14H,3,6-7,10-12H2,1-2H3. The summed E-state index contributed by atoms with van der Waals surface area (Å²) < 4.78 is 6.88. The predicted octanol–water partition coefficient (Wildman–Crippen LogP) is 1.73. The fourth-order valence-corrected chi connectivity index (χ4v) is 3.18. The molecular formula is C18H23N3O3. The molecule has 128 valence electrons. The molecule has 1 unspecified atom stereocenters. The molecule has 0 N–H and O–H groups in total. The summed E-state index contributed by atoms with van der Waals surface area (Å²) in [5.41, 5.74) is 0.526. The SMILES string of the molecule is CCN(CC1CCCO1)C(=O)Cn1nc(C)c2ccccc2c1=O. The van der Waals surface area contributed by atoms with E-state index in [1.165, 1.54) is 4.68 Å². The Morgan fingerprint density at radius 1 is 1.38 bits per heavy atom. The van der Waals surface area contributed by atoms with Gasteiger partial charge in [-0.2, -0.15) is 5.10 Å². The number of rotatable bonds is 5. The summed E-state index contributed by atoms with van der Waals surface area (Å²) in [6, 6.07) is 7.36. The highest BCUT2D eigenvalue weighted by Crippen LogP contribution is 2.14. The number of carbonyl (C=O) groups is 1. The van der Waals surface area contributed by atoms with Crippen molar-refractivity contribution in [2.24, 2.45) is 0 Å². The molecule has 0 aliphatic carbocycles. The maximum absolute atomic E-state index is 12.6. The molecule has 1 amide bonds. The van der Waals surface area contributed by atoms with Crippen LogP contribution in [-0.2, 0) is 16.1 Å². The molecule has 1 aliphatic heterocycles. The molecule has 1 saturated heterocycles. The summed E-state index contributed by atoms with van der Waals surface area (Å²) in [6.07, 6.45) is 2.13. The molecule has 24 heavy (non-hydrogen) atoms. The Balaban J connectivity index is 1.81. The fraction of sp³-hybridized carbons (Fsp3) is 0.500. The zero-order valence-corrected chi connectivity index (χ0v) is 14.2. The van der Waals surface area contributed by atoms with Crippen LogP contribution in [0.3, 0.4) is 0 Å². The maximum Gasteiger partial charge on any atom is 0.275 e. The minimum absolute atomic E-state index is 0.0366. The van der Waals surface area contributed by atoms with Crippen LogP contribution in [0.2, 0.25) is 0 Å². The Bertz CT molecular complexity index is 794. The number of amides is 1. The van der Waals surface area contributed by atoms with Crippen LogP contribution in [0.15, 0.2) is 29.1 Å². The zero-order chi connectivity index (χ0) is 17.1. The minimum Gasteiger partial charge on any atom is -0.376 e. The summed E-state index contributed by atoms with van der Waals surface area (Å²) in [5, 5.41) is 5.74. The molecule has 6 nitrogen and oxygen atoms in total. The highest BCUT2D eigenvalue weighted by molar-refractivity contribution is 5.83. The Kier molecular flexibility index (Phi) is 4.94. The number of carbonyl (C=O) groups excluding carboxylic acids is 1. The van der Waals surface area contributed by atoms with Gasteiger partial charge in [-0.1, -0.05) is 18.2 Å². The third-order valence-corrected chi connectivity index (χ3v) is 4.52. The zero-order valence-electron chi connectivity index (χ0n) is 14.2. The first-order valence-corrected chi connectivity index (χ1v) is 8.46. The summed E-state index contributed by atoms with van der Waals surface area (Å²) in [6.45, 7) is 5.70. The number of fused-ring (bicyclic) bond motifs is 1. The quantitative estimate of drug-likeness (QED) is 0.838. The molecule has 3 rings (SSSR count). The van der Waals surface area contributed by atoms with Gasteiger partial charge in [0.2, 0.25) is 5.91 Å². The summed E-state index contributed by atoms with van der Waals surface area (Å²) in [5.74, 6) is -0.0997. The minimum atomic E-state index is -0.224. The average Bonchev–Trinajstić information content (AvgIpc) is 3.10. The van der Waals surface area contributed by atoms with E-state index in [-0.39, 0.29) is 24.1 Å². The molecule has 1 fully saturated rings. The highest BCUT2D eigenvalue weighted by atomic mass is 16.5. The van der Waals surface area contributed by atoms with Crippen LogP contribution in [-0.4, -0.2) is 46.4 Å². The van der Waals surface area contributed by atoms with Crippen LogP contribution in [0.25, 0.3) is 10.8 Å². The lowest BCUT2D eigenvalue weighted by atomic mass is 10.1. The van der Waals surface area contributed by atoms with Gasteiger partial charge in [-0.15, -0.1) is 0 Å². The van der Waals surface area contributed by atoms with E-state index in [1.807, 2.05) is 32.0 Å². The van der Waals surface area contributed by atoms with Crippen LogP contribution in [0, 0.1) is 6.92 Å². The Labute approximate surface area is 141 Å². The summed E-state index contributed by atoms with van der Waals surface area (Å²) in [4.78, 5) is 26.9. The molecule has 1 aromatic carbocycles. The number of aromatic nitrogens is 2. The maximum atomic E-state index is 12.6. The molecular weight excluding hydrogens is 306 g/mol. The monoisotopic (exact) mass is 329 g/mol. The fourth-order valence-electron chi connectivity index (χ4n) is 3.18. The largest absolute Gasteiger partial charge is 0.376 e. The van der Waals surface area contributed by atoms with Gasteiger partial charge in [-0.3, -0.25) is 9.59 Å². The van der Waals surface area contributed by atoms with Gasteiger partial charge in [0.25, 0.3) is 5.56 Å². The second-order valence-corrected chi connectivity index (χ2v) is 6.16. The van der Waals surface area contributed by atoms with Gasteiger partial charge in [-0.05, 0) is 32.8 Å². The summed E-state index contributed by atoms with van der Waals surface area (Å²) in [7, 11) is 0. The van der Waals surface area contributed by atoms with Crippen molar-refractivity contribution in [3.05, 3.63) is 40.3 Å². The van der Waals surface area contributed by atoms with Crippen molar-refractivity contribution in [3.63, 3.8) is 0 Å². The molecule has 1 atom stereocenters. The Morgan fingerprint density at radius 2 is 2.12 bits per heavy atom. The average molecular weight is 329 g/mol. The number of ether oxygens (including phenoxy) is 1. The van der Waals surface area contributed by atoms with Crippen molar-refractivity contribution in [1.29, 1.82) is 0 Å². The van der Waals surface area contributed by atoms with E-state index in [2.05, 4.69) is 5.10 Å². The van der Waals surface area contributed by atoms with Crippen molar-refractivity contribution in [1.82, 2.24) is 14.7 Å². The second kappa shape index (κ2) is 7.13. The molecule has 2 heterocycles. The lowest BCUT2D eigenvalue weighted by molar-refractivity contribution is -0.133. The molecule has 2 aromatic rings. The molecule has 0 radical (unpaired) electrons. The van der Waals surface area contributed by atoms with E-state index in [0.717, 1.165) is 30.5 Å². The van der Waals surface area contributed by atoms with Crippen molar-refractivity contribution in [2.75, 3.05) is 19.7 Å². The van der Waals surface area contributed by atoms with Gasteiger partial charge in [0.15, 0.2) is 0 Å². The van der Waals surface area contributed by atoms with Gasteiger partial charge in [0.1, 0.15) is 6.54 Å². The number of aryl methyl sites for hydroxylation is 1. The second-order valence-electron chi connectivity index (χ2n) is 6.16. The number of likely N-dealkylation sites (N-methyl/N-ethyl adjacent to an activating group) is 1. The lowest BCUT2D eigenvalue weighted by Gasteiger charge is -2.24. The van der Waals surface area contributed by atoms with E-state index in [9.17, 15) is 9.59 Å². The molecule has 0 saturated carbocycles. The third kappa shape index (κ3) is 3.33. The van der Waals surface area contributed by atoms with Crippen LogP contribution in [0.4, 0.5) is 0 Å². The van der Waals surface area contributed by atoms with Crippen molar-refractivity contribution < 1.29 is 9.53 Å². The van der Waals surface area contributed by atoms with E-state index < -0.39 is 0 Å². The van der Waals surface area contributed by atoms with E-state index in [1.54, 1.807) is 11.0 Å². The normalized spacial score (nSPS) is 17.3. The number of benzene rings is 1. The van der Waals surface area contributed by atoms with Gasteiger partial charge < -0.3 is 9.64 Å². The lowest BCUT2D eigenvalue weighted by Crippen LogP contribution is -2.41. The Hall–Kier alpha value is -2.21. The van der Waals surface area contributed by atoms with Gasteiger partial charge in [0, 0.05) is 25.1 Å².